The Hall–Kier alpha value is -2.12. The smallest absolute Gasteiger partial charge is 0.407 e. The fourth-order valence-corrected chi connectivity index (χ4v) is 2.31. The molecule has 0 aliphatic carbocycles. The van der Waals surface area contributed by atoms with Gasteiger partial charge in [-0.15, -0.1) is 0 Å². The average molecular weight is 353 g/mol. The van der Waals surface area contributed by atoms with Crippen LogP contribution in [0.25, 0.3) is 0 Å². The number of nitrogens with one attached hydrogen (secondary N) is 1. The van der Waals surface area contributed by atoms with Crippen LogP contribution in [0.4, 0.5) is 4.79 Å². The van der Waals surface area contributed by atoms with Crippen LogP contribution >= 0.6 is 0 Å². The van der Waals surface area contributed by atoms with Crippen molar-refractivity contribution in [3.8, 4) is 0 Å². The molecule has 0 aliphatic rings. The molecule has 0 aromatic heterocycles. The van der Waals surface area contributed by atoms with Gasteiger partial charge in [-0.25, -0.2) is 9.59 Å². The lowest BCUT2D eigenvalue weighted by Gasteiger charge is -2.22. The maximum absolute atomic E-state index is 11.7. The van der Waals surface area contributed by atoms with Gasteiger partial charge in [-0.3, -0.25) is 0 Å². The second kappa shape index (κ2) is 8.82. The first kappa shape index (κ1) is 20.9. The highest BCUT2D eigenvalue weighted by atomic mass is 16.6. The minimum atomic E-state index is -1.19. The molecule has 0 bridgehead atoms. The van der Waals surface area contributed by atoms with Gasteiger partial charge < -0.3 is 25.0 Å². The van der Waals surface area contributed by atoms with E-state index < -0.39 is 29.9 Å². The second-order valence-electron chi connectivity index (χ2n) is 6.74. The summed E-state index contributed by atoms with van der Waals surface area (Å²) < 4.78 is 9.79. The summed E-state index contributed by atoms with van der Waals surface area (Å²) in [5.74, 6) is -0.507. The lowest BCUT2D eigenvalue weighted by Crippen LogP contribution is -2.34. The lowest BCUT2D eigenvalue weighted by molar-refractivity contribution is 0.0118. The highest BCUT2D eigenvalue weighted by Gasteiger charge is 2.23. The van der Waals surface area contributed by atoms with E-state index in [0.29, 0.717) is 16.7 Å². The Labute approximate surface area is 147 Å². The number of methoxy groups -OCH3 is 1. The molecule has 1 aromatic carbocycles. The third-order valence-corrected chi connectivity index (χ3v) is 3.57. The summed E-state index contributed by atoms with van der Waals surface area (Å²) in [5.41, 5.74) is 0.708. The number of alkyl carbamates (subject to hydrolysis) is 1. The molecule has 0 spiro atoms. The zero-order valence-electron chi connectivity index (χ0n) is 15.3. The number of esters is 1. The van der Waals surface area contributed by atoms with Crippen LogP contribution in [-0.4, -0.2) is 47.6 Å². The van der Waals surface area contributed by atoms with Crippen LogP contribution in [-0.2, 0) is 9.47 Å². The van der Waals surface area contributed by atoms with E-state index in [1.807, 2.05) is 0 Å². The fourth-order valence-electron chi connectivity index (χ4n) is 2.31. The Morgan fingerprint density at radius 1 is 1.24 bits per heavy atom. The summed E-state index contributed by atoms with van der Waals surface area (Å²) in [5, 5.41) is 23.0. The Bertz CT molecular complexity index is 608. The van der Waals surface area contributed by atoms with E-state index in [9.17, 15) is 19.8 Å². The molecule has 0 radical (unpaired) electrons. The Kier molecular flexibility index (Phi) is 7.38. The largest absolute Gasteiger partial charge is 0.465 e. The normalized spacial score (nSPS) is 13.7. The van der Waals surface area contributed by atoms with Crippen LogP contribution in [0.3, 0.4) is 0 Å². The van der Waals surface area contributed by atoms with Crippen LogP contribution in [0.15, 0.2) is 18.2 Å². The van der Waals surface area contributed by atoms with Crippen molar-refractivity contribution in [2.24, 2.45) is 0 Å². The highest BCUT2D eigenvalue weighted by Crippen LogP contribution is 2.25. The molecule has 7 heteroatoms. The van der Waals surface area contributed by atoms with Crippen LogP contribution in [0.5, 0.6) is 0 Å². The number of aliphatic hydroxyl groups is 2. The van der Waals surface area contributed by atoms with Crippen LogP contribution in [0, 0.1) is 6.92 Å². The molecule has 1 aromatic rings. The van der Waals surface area contributed by atoms with Gasteiger partial charge >= 0.3 is 12.1 Å². The molecule has 140 valence electrons. The second-order valence-corrected chi connectivity index (χ2v) is 6.74. The van der Waals surface area contributed by atoms with Crippen molar-refractivity contribution in [3.05, 3.63) is 34.9 Å². The van der Waals surface area contributed by atoms with E-state index in [0.717, 1.165) is 0 Å². The van der Waals surface area contributed by atoms with E-state index in [-0.39, 0.29) is 13.0 Å². The summed E-state index contributed by atoms with van der Waals surface area (Å²) in [4.78, 5) is 23.3. The first-order valence-electron chi connectivity index (χ1n) is 8.07. The number of carbonyl (C=O) groups is 2. The van der Waals surface area contributed by atoms with Crippen LogP contribution in [0.2, 0.25) is 0 Å². The third kappa shape index (κ3) is 6.36. The fraction of sp³-hybridized carbons (Fsp3) is 0.556. The summed E-state index contributed by atoms with van der Waals surface area (Å²) >= 11 is 0. The standard InChI is InChI=1S/C18H27NO6/c1-11-12(7-6-8-13(11)16(22)24-5)15(21)14(20)9-10-19-17(23)25-18(2,3)4/h6-8,14-15,20-21H,9-10H2,1-5H3,(H,19,23). The SMILES string of the molecule is COC(=O)c1cccc(C(O)C(O)CCNC(=O)OC(C)(C)C)c1C. The van der Waals surface area contributed by atoms with Gasteiger partial charge in [0.1, 0.15) is 11.7 Å². The van der Waals surface area contributed by atoms with Crippen molar-refractivity contribution < 1.29 is 29.3 Å². The highest BCUT2D eigenvalue weighted by molar-refractivity contribution is 5.91. The molecule has 0 saturated carbocycles. The molecule has 0 heterocycles. The quantitative estimate of drug-likeness (QED) is 0.676. The maximum Gasteiger partial charge on any atom is 0.407 e. The van der Waals surface area contributed by atoms with E-state index in [2.05, 4.69) is 5.32 Å². The minimum Gasteiger partial charge on any atom is -0.465 e. The average Bonchev–Trinajstić information content (AvgIpc) is 2.51. The molecule has 1 rings (SSSR count). The van der Waals surface area contributed by atoms with Gasteiger partial charge in [-0.05, 0) is 51.3 Å². The van der Waals surface area contributed by atoms with Gasteiger partial charge in [0.25, 0.3) is 0 Å². The van der Waals surface area contributed by atoms with E-state index in [1.54, 1.807) is 45.9 Å². The molecule has 0 fully saturated rings. The monoisotopic (exact) mass is 353 g/mol. The summed E-state index contributed by atoms with van der Waals surface area (Å²) in [6.45, 7) is 7.08. The Morgan fingerprint density at radius 2 is 1.88 bits per heavy atom. The number of ether oxygens (including phenoxy) is 2. The number of hydrogen-bond acceptors (Lipinski definition) is 6. The van der Waals surface area contributed by atoms with Crippen molar-refractivity contribution in [2.45, 2.75) is 51.9 Å². The summed E-state index contributed by atoms with van der Waals surface area (Å²) in [7, 11) is 1.28. The van der Waals surface area contributed by atoms with Crippen LogP contribution in [0.1, 0.15) is 54.8 Å². The number of benzene rings is 1. The first-order chi connectivity index (χ1) is 11.6. The van der Waals surface area contributed by atoms with Gasteiger partial charge in [0, 0.05) is 6.54 Å². The van der Waals surface area contributed by atoms with Gasteiger partial charge in [0.2, 0.25) is 0 Å². The van der Waals surface area contributed by atoms with Crippen molar-refractivity contribution in [2.75, 3.05) is 13.7 Å². The van der Waals surface area contributed by atoms with Crippen LogP contribution < -0.4 is 5.32 Å². The molecule has 3 N–H and O–H groups in total. The first-order valence-corrected chi connectivity index (χ1v) is 8.07. The molecule has 25 heavy (non-hydrogen) atoms. The summed E-state index contributed by atoms with van der Waals surface area (Å²) in [6, 6.07) is 4.84. The van der Waals surface area contributed by atoms with Crippen molar-refractivity contribution in [1.82, 2.24) is 5.32 Å². The maximum atomic E-state index is 11.7. The van der Waals surface area contributed by atoms with Gasteiger partial charge in [-0.2, -0.15) is 0 Å². The topological polar surface area (TPSA) is 105 Å². The molecular formula is C18H27NO6. The number of amides is 1. The number of rotatable bonds is 6. The van der Waals surface area contributed by atoms with Gasteiger partial charge in [0.05, 0.1) is 18.8 Å². The molecule has 2 atom stereocenters. The Balaban J connectivity index is 2.67. The van der Waals surface area contributed by atoms with Crippen molar-refractivity contribution in [1.29, 1.82) is 0 Å². The van der Waals surface area contributed by atoms with Gasteiger partial charge in [-0.1, -0.05) is 12.1 Å². The zero-order valence-corrected chi connectivity index (χ0v) is 15.3. The lowest BCUT2D eigenvalue weighted by atomic mass is 9.94. The molecule has 0 saturated heterocycles. The Morgan fingerprint density at radius 3 is 2.44 bits per heavy atom. The minimum absolute atomic E-state index is 0.127. The van der Waals surface area contributed by atoms with E-state index in [1.165, 1.54) is 7.11 Å². The van der Waals surface area contributed by atoms with Gasteiger partial charge in [0.15, 0.2) is 0 Å². The predicted molar refractivity (Wildman–Crippen MR) is 92.3 cm³/mol. The third-order valence-electron chi connectivity index (χ3n) is 3.57. The molecule has 7 nitrogen and oxygen atoms in total. The molecular weight excluding hydrogens is 326 g/mol. The molecule has 2 unspecified atom stereocenters. The van der Waals surface area contributed by atoms with Crippen molar-refractivity contribution in [3.63, 3.8) is 0 Å². The van der Waals surface area contributed by atoms with E-state index >= 15 is 0 Å². The molecule has 0 aliphatic heterocycles. The number of hydrogen-bond donors (Lipinski definition) is 3. The zero-order chi connectivity index (χ0) is 19.2. The number of aliphatic hydroxyl groups excluding tert-OH is 2. The van der Waals surface area contributed by atoms with Crippen molar-refractivity contribution >= 4 is 12.1 Å². The van der Waals surface area contributed by atoms with E-state index in [4.69, 9.17) is 9.47 Å². The predicted octanol–water partition coefficient (Wildman–Crippen LogP) is 2.09. The summed E-state index contributed by atoms with van der Waals surface area (Å²) in [6.07, 6.45) is -2.76. The number of carbonyl (C=O) groups excluding carboxylic acids is 2. The molecule has 1 amide bonds.